The summed E-state index contributed by atoms with van der Waals surface area (Å²) in [5, 5.41) is 1.01. The summed E-state index contributed by atoms with van der Waals surface area (Å²) in [5.41, 5.74) is 4.45. The minimum absolute atomic E-state index is 0.192. The first kappa shape index (κ1) is 15.7. The van der Waals surface area contributed by atoms with E-state index in [2.05, 4.69) is 21.4 Å². The van der Waals surface area contributed by atoms with Crippen LogP contribution < -0.4 is 11.3 Å². The molecule has 0 radical (unpaired) electrons. The fourth-order valence-corrected chi connectivity index (χ4v) is 2.72. The highest BCUT2D eigenvalue weighted by atomic mass is 79.9. The molecule has 3 N–H and O–H groups in total. The summed E-state index contributed by atoms with van der Waals surface area (Å²) in [4.78, 5) is 0. The molecule has 0 aliphatic rings. The molecule has 0 amide bonds. The van der Waals surface area contributed by atoms with Crippen molar-refractivity contribution in [2.75, 3.05) is 0 Å². The molecule has 6 heteroatoms. The Balaban J connectivity index is 2.28. The van der Waals surface area contributed by atoms with E-state index in [-0.39, 0.29) is 11.9 Å². The van der Waals surface area contributed by atoms with Crippen molar-refractivity contribution in [1.29, 1.82) is 0 Å². The Morgan fingerprint density at radius 2 is 2.00 bits per heavy atom. The van der Waals surface area contributed by atoms with E-state index < -0.39 is 0 Å². The highest BCUT2D eigenvalue weighted by molar-refractivity contribution is 9.10. The highest BCUT2D eigenvalue weighted by Crippen LogP contribution is 2.30. The van der Waals surface area contributed by atoms with Gasteiger partial charge in [-0.3, -0.25) is 11.3 Å². The molecule has 0 bridgehead atoms. The van der Waals surface area contributed by atoms with Crippen LogP contribution >= 0.6 is 39.1 Å². The lowest BCUT2D eigenvalue weighted by Crippen LogP contribution is -2.29. The number of hydrogen-bond donors (Lipinski definition) is 2. The number of nitrogens with two attached hydrogens (primary N) is 1. The van der Waals surface area contributed by atoms with Crippen LogP contribution in [0.5, 0.6) is 0 Å². The van der Waals surface area contributed by atoms with E-state index in [1.165, 1.54) is 6.07 Å². The molecular weight excluding hydrogens is 366 g/mol. The molecule has 0 aliphatic heterocycles. The fourth-order valence-electron chi connectivity index (χ4n) is 1.93. The lowest BCUT2D eigenvalue weighted by atomic mass is 9.99. The van der Waals surface area contributed by atoms with Crippen LogP contribution in [-0.2, 0) is 6.42 Å². The maximum Gasteiger partial charge on any atom is 0.137 e. The summed E-state index contributed by atoms with van der Waals surface area (Å²) in [7, 11) is 0. The van der Waals surface area contributed by atoms with Crippen molar-refractivity contribution in [3.63, 3.8) is 0 Å². The topological polar surface area (TPSA) is 38.0 Å². The van der Waals surface area contributed by atoms with Gasteiger partial charge in [-0.25, -0.2) is 4.39 Å². The van der Waals surface area contributed by atoms with Crippen LogP contribution in [0, 0.1) is 5.82 Å². The Morgan fingerprint density at radius 3 is 2.65 bits per heavy atom. The smallest absolute Gasteiger partial charge is 0.137 e. The van der Waals surface area contributed by atoms with Gasteiger partial charge < -0.3 is 0 Å². The second-order valence-corrected chi connectivity index (χ2v) is 5.95. The quantitative estimate of drug-likeness (QED) is 0.601. The van der Waals surface area contributed by atoms with E-state index >= 15 is 0 Å². The van der Waals surface area contributed by atoms with Crippen molar-refractivity contribution < 1.29 is 4.39 Å². The second kappa shape index (κ2) is 6.87. The van der Waals surface area contributed by atoms with E-state index in [1.54, 1.807) is 18.2 Å². The summed E-state index contributed by atoms with van der Waals surface area (Å²) in [5.74, 6) is 5.28. The summed E-state index contributed by atoms with van der Waals surface area (Å²) in [6, 6.07) is 10.0. The molecule has 0 fully saturated rings. The lowest BCUT2D eigenvalue weighted by molar-refractivity contribution is 0.548. The van der Waals surface area contributed by atoms with Gasteiger partial charge in [0.15, 0.2) is 0 Å². The maximum atomic E-state index is 13.3. The van der Waals surface area contributed by atoms with Crippen molar-refractivity contribution in [3.8, 4) is 0 Å². The molecular formula is C14H12BrCl2FN2. The first-order chi connectivity index (χ1) is 9.52. The third-order valence-corrected chi connectivity index (χ3v) is 4.47. The van der Waals surface area contributed by atoms with Crippen molar-refractivity contribution in [2.24, 2.45) is 5.84 Å². The van der Waals surface area contributed by atoms with Crippen LogP contribution in [0.15, 0.2) is 40.9 Å². The van der Waals surface area contributed by atoms with Crippen LogP contribution in [0.4, 0.5) is 4.39 Å². The third-order valence-electron chi connectivity index (χ3n) is 3.00. The predicted molar refractivity (Wildman–Crippen MR) is 84.3 cm³/mol. The average molecular weight is 378 g/mol. The molecule has 0 saturated heterocycles. The minimum Gasteiger partial charge on any atom is -0.271 e. The van der Waals surface area contributed by atoms with E-state index in [0.29, 0.717) is 20.9 Å². The Hall–Kier alpha value is -0.650. The van der Waals surface area contributed by atoms with E-state index in [9.17, 15) is 4.39 Å². The molecule has 2 aromatic rings. The predicted octanol–water partition coefficient (Wildman–Crippen LogP) is 4.64. The van der Waals surface area contributed by atoms with Crippen molar-refractivity contribution in [2.45, 2.75) is 12.5 Å². The minimum atomic E-state index is -0.315. The summed E-state index contributed by atoms with van der Waals surface area (Å²) >= 11 is 15.3. The molecule has 0 aliphatic carbocycles. The molecule has 0 spiro atoms. The normalized spacial score (nSPS) is 12.4. The third kappa shape index (κ3) is 3.51. The highest BCUT2D eigenvalue weighted by Gasteiger charge is 2.15. The zero-order chi connectivity index (χ0) is 14.7. The molecule has 2 rings (SSSR count). The summed E-state index contributed by atoms with van der Waals surface area (Å²) in [6.45, 7) is 0. The molecule has 0 aromatic heterocycles. The van der Waals surface area contributed by atoms with E-state index in [1.807, 2.05) is 12.1 Å². The van der Waals surface area contributed by atoms with Crippen molar-refractivity contribution >= 4 is 39.1 Å². The van der Waals surface area contributed by atoms with Gasteiger partial charge in [0.2, 0.25) is 0 Å². The van der Waals surface area contributed by atoms with Gasteiger partial charge in [0.05, 0.1) is 20.6 Å². The first-order valence-electron chi connectivity index (χ1n) is 5.87. The number of benzene rings is 2. The number of nitrogens with one attached hydrogen (secondary N) is 1. The monoisotopic (exact) mass is 376 g/mol. The fraction of sp³-hybridized carbons (Fsp3) is 0.143. The largest absolute Gasteiger partial charge is 0.271 e. The van der Waals surface area contributed by atoms with Gasteiger partial charge in [-0.1, -0.05) is 41.4 Å². The number of hydrazine groups is 1. The molecule has 2 nitrogen and oxygen atoms in total. The maximum absolute atomic E-state index is 13.3. The first-order valence-corrected chi connectivity index (χ1v) is 7.41. The van der Waals surface area contributed by atoms with Crippen LogP contribution in [0.2, 0.25) is 10.0 Å². The lowest BCUT2D eigenvalue weighted by Gasteiger charge is -2.18. The van der Waals surface area contributed by atoms with Crippen LogP contribution in [0.3, 0.4) is 0 Å². The SMILES string of the molecule is NNC(Cc1cccc(Cl)c1Cl)c1ccc(F)c(Br)c1. The molecule has 1 unspecified atom stereocenters. The van der Waals surface area contributed by atoms with Gasteiger partial charge in [-0.2, -0.15) is 0 Å². The Labute approximate surface area is 135 Å². The van der Waals surface area contributed by atoms with Gasteiger partial charge in [-0.15, -0.1) is 0 Å². The van der Waals surface area contributed by atoms with Crippen LogP contribution in [0.25, 0.3) is 0 Å². The van der Waals surface area contributed by atoms with Crippen LogP contribution in [-0.4, -0.2) is 0 Å². The zero-order valence-electron chi connectivity index (χ0n) is 10.3. The van der Waals surface area contributed by atoms with Gasteiger partial charge in [-0.05, 0) is 51.7 Å². The number of hydrogen-bond acceptors (Lipinski definition) is 2. The average Bonchev–Trinajstić information content (AvgIpc) is 2.44. The Morgan fingerprint density at radius 1 is 1.25 bits per heavy atom. The molecule has 1 atom stereocenters. The standard InChI is InChI=1S/C14H12BrCl2FN2/c15-10-6-8(4-5-12(10)18)13(20-19)7-9-2-1-3-11(16)14(9)17/h1-6,13,20H,7,19H2. The van der Waals surface area contributed by atoms with Crippen LogP contribution in [0.1, 0.15) is 17.2 Å². The summed E-state index contributed by atoms with van der Waals surface area (Å²) < 4.78 is 13.7. The number of rotatable bonds is 4. The molecule has 2 aromatic carbocycles. The van der Waals surface area contributed by atoms with Crippen molar-refractivity contribution in [3.05, 3.63) is 67.9 Å². The molecule has 0 saturated carbocycles. The zero-order valence-corrected chi connectivity index (χ0v) is 13.4. The molecule has 0 heterocycles. The van der Waals surface area contributed by atoms with E-state index in [0.717, 1.165) is 11.1 Å². The number of halogens is 4. The Bertz CT molecular complexity index is 622. The van der Waals surface area contributed by atoms with E-state index in [4.69, 9.17) is 29.0 Å². The Kier molecular flexibility index (Phi) is 5.41. The molecule has 20 heavy (non-hydrogen) atoms. The van der Waals surface area contributed by atoms with Gasteiger partial charge >= 0.3 is 0 Å². The van der Waals surface area contributed by atoms with Gasteiger partial charge in [0, 0.05) is 0 Å². The van der Waals surface area contributed by atoms with Gasteiger partial charge in [0.1, 0.15) is 5.82 Å². The second-order valence-electron chi connectivity index (χ2n) is 4.31. The summed E-state index contributed by atoms with van der Waals surface area (Å²) in [6.07, 6.45) is 0.550. The molecule has 106 valence electrons. The van der Waals surface area contributed by atoms with Gasteiger partial charge in [0.25, 0.3) is 0 Å². The van der Waals surface area contributed by atoms with Crippen molar-refractivity contribution in [1.82, 2.24) is 5.43 Å².